The molecule has 2 aromatic carbocycles. The number of fused-ring (bicyclic) bond motifs is 1. The number of hydrogen-bond acceptors (Lipinski definition) is 2. The van der Waals surface area contributed by atoms with Crippen LogP contribution in [0.25, 0.3) is 16.6 Å². The molecule has 0 amide bonds. The molecule has 0 bridgehead atoms. The summed E-state index contributed by atoms with van der Waals surface area (Å²) >= 11 is 7.34. The van der Waals surface area contributed by atoms with Crippen LogP contribution in [0.2, 0.25) is 0 Å². The van der Waals surface area contributed by atoms with Gasteiger partial charge < -0.3 is 4.98 Å². The number of nitrogens with zero attached hydrogens (tertiary/aromatic N) is 1. The molecule has 0 atom stereocenters. The van der Waals surface area contributed by atoms with E-state index in [1.54, 1.807) is 31.2 Å². The van der Waals surface area contributed by atoms with Gasteiger partial charge in [-0.05, 0) is 77.6 Å². The molecule has 3 aromatic rings. The predicted molar refractivity (Wildman–Crippen MR) is 92.1 cm³/mol. The quantitative estimate of drug-likeness (QED) is 0.483. The molecule has 3 rings (SSSR count). The van der Waals surface area contributed by atoms with E-state index in [1.165, 1.54) is 10.6 Å². The van der Waals surface area contributed by atoms with Crippen LogP contribution in [0.4, 0.5) is 4.39 Å². The minimum Gasteiger partial charge on any atom is -0.331 e. The van der Waals surface area contributed by atoms with E-state index in [0.717, 1.165) is 9.13 Å². The summed E-state index contributed by atoms with van der Waals surface area (Å²) in [7, 11) is 0. The lowest BCUT2D eigenvalue weighted by molar-refractivity contribution is 0.613. The molecule has 106 valence electrons. The average molecular weight is 412 g/mol. The van der Waals surface area contributed by atoms with Crippen LogP contribution in [-0.2, 0) is 0 Å². The van der Waals surface area contributed by atoms with E-state index in [9.17, 15) is 9.18 Å². The number of benzene rings is 2. The van der Waals surface area contributed by atoms with Gasteiger partial charge in [0.1, 0.15) is 5.82 Å². The van der Waals surface area contributed by atoms with Crippen LogP contribution in [0.5, 0.6) is 0 Å². The first-order valence-electron chi connectivity index (χ1n) is 6.18. The fourth-order valence-electron chi connectivity index (χ4n) is 2.20. The maximum absolute atomic E-state index is 14.2. The Morgan fingerprint density at radius 2 is 2.00 bits per heavy atom. The van der Waals surface area contributed by atoms with Crippen molar-refractivity contribution in [2.24, 2.45) is 0 Å². The third kappa shape index (κ3) is 2.53. The standard InChI is InChI=1S/C15H10FIN2OS/c1-8-2-5-13(11(16)6-8)19-14(20)10-7-9(17)3-4-12(10)18-15(19)21/h2-7H,1H3,(H,18,21). The van der Waals surface area contributed by atoms with E-state index in [2.05, 4.69) is 27.6 Å². The molecule has 0 radical (unpaired) electrons. The second-order valence-corrected chi connectivity index (χ2v) is 6.35. The Labute approximate surface area is 138 Å². The molecule has 3 nitrogen and oxygen atoms in total. The lowest BCUT2D eigenvalue weighted by Crippen LogP contribution is -2.21. The van der Waals surface area contributed by atoms with E-state index in [0.29, 0.717) is 10.9 Å². The van der Waals surface area contributed by atoms with Crippen LogP contribution in [0, 0.1) is 21.1 Å². The van der Waals surface area contributed by atoms with Gasteiger partial charge in [-0.25, -0.2) is 8.96 Å². The highest BCUT2D eigenvalue weighted by atomic mass is 127. The van der Waals surface area contributed by atoms with Crippen LogP contribution < -0.4 is 5.56 Å². The molecule has 1 N–H and O–H groups in total. The first kappa shape index (κ1) is 14.4. The van der Waals surface area contributed by atoms with E-state index >= 15 is 0 Å². The van der Waals surface area contributed by atoms with Gasteiger partial charge >= 0.3 is 0 Å². The van der Waals surface area contributed by atoms with Crippen molar-refractivity contribution in [2.45, 2.75) is 6.92 Å². The van der Waals surface area contributed by atoms with Gasteiger partial charge in [0.15, 0.2) is 4.77 Å². The van der Waals surface area contributed by atoms with Gasteiger partial charge in [0.25, 0.3) is 5.56 Å². The minimum atomic E-state index is -0.471. The molecule has 6 heteroatoms. The molecule has 0 fully saturated rings. The average Bonchev–Trinajstić information content (AvgIpc) is 2.42. The van der Waals surface area contributed by atoms with Crippen molar-refractivity contribution in [3.05, 3.63) is 66.5 Å². The Hall–Kier alpha value is -1.54. The number of hydrogen-bond donors (Lipinski definition) is 1. The first-order valence-corrected chi connectivity index (χ1v) is 7.67. The van der Waals surface area contributed by atoms with Gasteiger partial charge in [-0.1, -0.05) is 6.07 Å². The molecule has 0 spiro atoms. The number of aromatic amines is 1. The molecule has 0 aliphatic rings. The Balaban J connectivity index is 2.43. The van der Waals surface area contributed by atoms with Crippen LogP contribution in [0.15, 0.2) is 41.2 Å². The molecule has 0 saturated heterocycles. The summed E-state index contributed by atoms with van der Waals surface area (Å²) in [5.74, 6) is -0.471. The zero-order valence-corrected chi connectivity index (χ0v) is 14.0. The SMILES string of the molecule is Cc1ccc(-n2c(=S)[nH]c3ccc(I)cc3c2=O)c(F)c1. The summed E-state index contributed by atoms with van der Waals surface area (Å²) in [4.78, 5) is 15.6. The van der Waals surface area contributed by atoms with E-state index in [-0.39, 0.29) is 16.0 Å². The number of nitrogens with one attached hydrogen (secondary N) is 1. The molecule has 21 heavy (non-hydrogen) atoms. The van der Waals surface area contributed by atoms with Crippen LogP contribution >= 0.6 is 34.8 Å². The summed E-state index contributed by atoms with van der Waals surface area (Å²) < 4.78 is 16.5. The molecular weight excluding hydrogens is 402 g/mol. The summed E-state index contributed by atoms with van der Waals surface area (Å²) in [5, 5.41) is 0.482. The third-order valence-electron chi connectivity index (χ3n) is 3.20. The van der Waals surface area contributed by atoms with Crippen molar-refractivity contribution in [1.29, 1.82) is 0 Å². The topological polar surface area (TPSA) is 37.8 Å². The molecule has 0 unspecified atom stereocenters. The van der Waals surface area contributed by atoms with Gasteiger partial charge in [-0.3, -0.25) is 4.79 Å². The van der Waals surface area contributed by atoms with Crippen molar-refractivity contribution in [3.8, 4) is 5.69 Å². The molecule has 1 aromatic heterocycles. The molecule has 0 aliphatic carbocycles. The zero-order chi connectivity index (χ0) is 15.1. The maximum Gasteiger partial charge on any atom is 0.266 e. The lowest BCUT2D eigenvalue weighted by Gasteiger charge is -2.10. The number of rotatable bonds is 1. The summed E-state index contributed by atoms with van der Waals surface area (Å²) in [6.45, 7) is 1.79. The van der Waals surface area contributed by atoms with E-state index < -0.39 is 5.82 Å². The lowest BCUT2D eigenvalue weighted by atomic mass is 10.2. The van der Waals surface area contributed by atoms with Gasteiger partial charge in [0, 0.05) is 3.57 Å². The smallest absolute Gasteiger partial charge is 0.266 e. The van der Waals surface area contributed by atoms with Crippen LogP contribution in [-0.4, -0.2) is 9.55 Å². The zero-order valence-electron chi connectivity index (χ0n) is 11.0. The maximum atomic E-state index is 14.2. The fourth-order valence-corrected chi connectivity index (χ4v) is 2.98. The normalized spacial score (nSPS) is 11.0. The highest BCUT2D eigenvalue weighted by Gasteiger charge is 2.11. The largest absolute Gasteiger partial charge is 0.331 e. The van der Waals surface area contributed by atoms with Crippen molar-refractivity contribution in [3.63, 3.8) is 0 Å². The number of H-pyrrole nitrogens is 1. The molecule has 1 heterocycles. The van der Waals surface area contributed by atoms with Crippen LogP contribution in [0.1, 0.15) is 5.56 Å². The summed E-state index contributed by atoms with van der Waals surface area (Å²) in [6, 6.07) is 10.1. The van der Waals surface area contributed by atoms with Crippen molar-refractivity contribution >= 4 is 45.7 Å². The Morgan fingerprint density at radius 3 is 2.71 bits per heavy atom. The Kier molecular flexibility index (Phi) is 3.66. The highest BCUT2D eigenvalue weighted by molar-refractivity contribution is 14.1. The number of aryl methyl sites for hydroxylation is 1. The first-order chi connectivity index (χ1) is 9.97. The number of aromatic nitrogens is 2. The van der Waals surface area contributed by atoms with Crippen molar-refractivity contribution in [1.82, 2.24) is 9.55 Å². The minimum absolute atomic E-state index is 0.160. The van der Waals surface area contributed by atoms with E-state index in [4.69, 9.17) is 12.2 Å². The summed E-state index contributed by atoms with van der Waals surface area (Å²) in [6.07, 6.45) is 0. The monoisotopic (exact) mass is 412 g/mol. The summed E-state index contributed by atoms with van der Waals surface area (Å²) in [5.41, 5.74) is 1.27. The fraction of sp³-hybridized carbons (Fsp3) is 0.0667. The molecular formula is C15H10FIN2OS. The molecule has 0 saturated carbocycles. The van der Waals surface area contributed by atoms with Crippen molar-refractivity contribution < 1.29 is 4.39 Å². The van der Waals surface area contributed by atoms with E-state index in [1.807, 2.05) is 6.07 Å². The number of halogens is 2. The van der Waals surface area contributed by atoms with Gasteiger partial charge in [-0.15, -0.1) is 0 Å². The predicted octanol–water partition coefficient (Wildman–Crippen LogP) is 4.10. The van der Waals surface area contributed by atoms with Gasteiger partial charge in [0.2, 0.25) is 0 Å². The highest BCUT2D eigenvalue weighted by Crippen LogP contribution is 2.17. The Bertz CT molecular complexity index is 978. The Morgan fingerprint density at radius 1 is 1.24 bits per heavy atom. The van der Waals surface area contributed by atoms with Crippen molar-refractivity contribution in [2.75, 3.05) is 0 Å². The third-order valence-corrected chi connectivity index (χ3v) is 4.16. The second kappa shape index (κ2) is 5.34. The second-order valence-electron chi connectivity index (χ2n) is 4.72. The van der Waals surface area contributed by atoms with Gasteiger partial charge in [-0.2, -0.15) is 0 Å². The van der Waals surface area contributed by atoms with Crippen LogP contribution in [0.3, 0.4) is 0 Å². The van der Waals surface area contributed by atoms with Gasteiger partial charge in [0.05, 0.1) is 16.6 Å². The molecule has 0 aliphatic heterocycles.